The topological polar surface area (TPSA) is 55.3 Å². The number of hydrogen-bond donors (Lipinski definition) is 1. The molecular weight excluding hydrogens is 214 g/mol. The van der Waals surface area contributed by atoms with Crippen molar-refractivity contribution in [2.75, 3.05) is 11.4 Å². The summed E-state index contributed by atoms with van der Waals surface area (Å²) in [5.41, 5.74) is 8.89. The first-order chi connectivity index (χ1) is 8.38. The van der Waals surface area contributed by atoms with Crippen LogP contribution in [-0.2, 0) is 13.0 Å². The first-order valence-electron chi connectivity index (χ1n) is 5.88. The Hall–Kier alpha value is -1.81. The molecule has 4 nitrogen and oxygen atoms in total. The van der Waals surface area contributed by atoms with E-state index in [0.29, 0.717) is 12.6 Å². The molecule has 2 aromatic rings. The van der Waals surface area contributed by atoms with Crippen molar-refractivity contribution in [2.45, 2.75) is 19.4 Å². The number of hydrogen-bond acceptors (Lipinski definition) is 4. The Bertz CT molecular complexity index is 521. The van der Waals surface area contributed by atoms with Crippen LogP contribution in [0, 0.1) is 0 Å². The van der Waals surface area contributed by atoms with Gasteiger partial charge in [0.2, 0.25) is 0 Å². The van der Waals surface area contributed by atoms with Crippen molar-refractivity contribution in [3.05, 3.63) is 41.8 Å². The maximum Gasteiger partial charge on any atom is 0.302 e. The molecule has 88 valence electrons. The van der Waals surface area contributed by atoms with Crippen LogP contribution in [0.25, 0.3) is 0 Å². The van der Waals surface area contributed by atoms with E-state index < -0.39 is 0 Å². The largest absolute Gasteiger partial charge is 0.431 e. The van der Waals surface area contributed by atoms with E-state index in [2.05, 4.69) is 28.1 Å². The van der Waals surface area contributed by atoms with Crippen molar-refractivity contribution >= 4 is 11.7 Å². The number of fused-ring (bicyclic) bond motifs is 1. The molecule has 0 radical (unpaired) electrons. The standard InChI is InChI=1S/C13H15N3O/c14-8-11-9-17-13(15-11)16-7-3-5-10-4-1-2-6-12(10)16/h1-2,4,6,9H,3,5,7-8,14H2. The molecular formula is C13H15N3O. The van der Waals surface area contributed by atoms with Crippen molar-refractivity contribution in [3.8, 4) is 0 Å². The monoisotopic (exact) mass is 229 g/mol. The van der Waals surface area contributed by atoms with E-state index >= 15 is 0 Å². The van der Waals surface area contributed by atoms with Crippen LogP contribution >= 0.6 is 0 Å². The highest BCUT2D eigenvalue weighted by Gasteiger charge is 2.21. The van der Waals surface area contributed by atoms with Gasteiger partial charge in [-0.1, -0.05) is 18.2 Å². The maximum absolute atomic E-state index is 5.55. The average molecular weight is 229 g/mol. The van der Waals surface area contributed by atoms with Crippen LogP contribution in [0.15, 0.2) is 34.9 Å². The highest BCUT2D eigenvalue weighted by atomic mass is 16.4. The number of aryl methyl sites for hydroxylation is 1. The second-order valence-electron chi connectivity index (χ2n) is 4.21. The van der Waals surface area contributed by atoms with Crippen molar-refractivity contribution in [1.82, 2.24) is 4.98 Å². The predicted molar refractivity (Wildman–Crippen MR) is 66.2 cm³/mol. The number of aromatic nitrogens is 1. The molecule has 3 rings (SSSR count). The molecule has 17 heavy (non-hydrogen) atoms. The van der Waals surface area contributed by atoms with Gasteiger partial charge >= 0.3 is 6.01 Å². The lowest BCUT2D eigenvalue weighted by molar-refractivity contribution is 0.544. The third-order valence-electron chi connectivity index (χ3n) is 3.09. The number of rotatable bonds is 2. The molecule has 4 heteroatoms. The zero-order valence-electron chi connectivity index (χ0n) is 9.60. The molecule has 0 unspecified atom stereocenters. The van der Waals surface area contributed by atoms with E-state index in [4.69, 9.17) is 10.2 Å². The number of nitrogens with zero attached hydrogens (tertiary/aromatic N) is 2. The molecule has 2 N–H and O–H groups in total. The quantitative estimate of drug-likeness (QED) is 0.857. The Morgan fingerprint density at radius 1 is 1.35 bits per heavy atom. The maximum atomic E-state index is 5.55. The van der Waals surface area contributed by atoms with Gasteiger partial charge in [-0.2, -0.15) is 4.98 Å². The second kappa shape index (κ2) is 4.22. The highest BCUT2D eigenvalue weighted by Crippen LogP contribution is 2.32. The summed E-state index contributed by atoms with van der Waals surface area (Å²) in [6.45, 7) is 1.36. The molecule has 0 amide bonds. The lowest BCUT2D eigenvalue weighted by Gasteiger charge is -2.27. The highest BCUT2D eigenvalue weighted by molar-refractivity contribution is 5.62. The Morgan fingerprint density at radius 2 is 2.24 bits per heavy atom. The van der Waals surface area contributed by atoms with Crippen LogP contribution < -0.4 is 10.6 Å². The minimum atomic E-state index is 0.416. The van der Waals surface area contributed by atoms with Crippen LogP contribution in [0.2, 0.25) is 0 Å². The van der Waals surface area contributed by atoms with Crippen molar-refractivity contribution < 1.29 is 4.42 Å². The van der Waals surface area contributed by atoms with Gasteiger partial charge < -0.3 is 10.2 Å². The fourth-order valence-corrected chi connectivity index (χ4v) is 2.25. The van der Waals surface area contributed by atoms with Crippen LogP contribution in [0.5, 0.6) is 0 Å². The van der Waals surface area contributed by atoms with Gasteiger partial charge in [0, 0.05) is 18.8 Å². The molecule has 0 spiro atoms. The minimum absolute atomic E-state index is 0.416. The lowest BCUT2D eigenvalue weighted by Crippen LogP contribution is -2.24. The molecule has 0 saturated heterocycles. The average Bonchev–Trinajstić information content (AvgIpc) is 2.87. The Labute approximate surface area is 100 Å². The third kappa shape index (κ3) is 1.80. The van der Waals surface area contributed by atoms with Gasteiger partial charge in [-0.3, -0.25) is 4.90 Å². The molecule has 0 bridgehead atoms. The molecule has 0 aliphatic carbocycles. The summed E-state index contributed by atoms with van der Waals surface area (Å²) in [4.78, 5) is 6.51. The third-order valence-corrected chi connectivity index (χ3v) is 3.09. The minimum Gasteiger partial charge on any atom is -0.431 e. The Balaban J connectivity index is 1.99. The summed E-state index contributed by atoms with van der Waals surface area (Å²) in [6.07, 6.45) is 3.88. The Morgan fingerprint density at radius 3 is 3.06 bits per heavy atom. The van der Waals surface area contributed by atoms with Gasteiger partial charge in [-0.05, 0) is 24.5 Å². The molecule has 0 atom stereocenters. The summed E-state index contributed by atoms with van der Waals surface area (Å²) in [6, 6.07) is 9.04. The predicted octanol–water partition coefficient (Wildman–Crippen LogP) is 2.22. The first kappa shape index (κ1) is 10.4. The zero-order valence-corrected chi connectivity index (χ0v) is 9.60. The summed E-state index contributed by atoms with van der Waals surface area (Å²) in [7, 11) is 0. The number of anilines is 2. The Kier molecular flexibility index (Phi) is 2.57. The van der Waals surface area contributed by atoms with Crippen molar-refractivity contribution in [2.24, 2.45) is 5.73 Å². The smallest absolute Gasteiger partial charge is 0.302 e. The van der Waals surface area contributed by atoms with E-state index in [0.717, 1.165) is 25.1 Å². The van der Waals surface area contributed by atoms with Crippen LogP contribution in [0.4, 0.5) is 11.7 Å². The molecule has 1 aliphatic heterocycles. The normalized spacial score (nSPS) is 14.8. The van der Waals surface area contributed by atoms with E-state index in [1.54, 1.807) is 6.26 Å². The van der Waals surface area contributed by atoms with Crippen LogP contribution in [0.1, 0.15) is 17.7 Å². The fraction of sp³-hybridized carbons (Fsp3) is 0.308. The fourth-order valence-electron chi connectivity index (χ4n) is 2.25. The summed E-state index contributed by atoms with van der Waals surface area (Å²) >= 11 is 0. The number of nitrogens with two attached hydrogens (primary N) is 1. The number of para-hydroxylation sites is 1. The zero-order chi connectivity index (χ0) is 11.7. The molecule has 1 aromatic heterocycles. The lowest BCUT2D eigenvalue weighted by atomic mass is 10.0. The SMILES string of the molecule is NCc1coc(N2CCCc3ccccc32)n1. The van der Waals surface area contributed by atoms with Gasteiger partial charge in [0.25, 0.3) is 0 Å². The molecule has 1 aliphatic rings. The van der Waals surface area contributed by atoms with Gasteiger partial charge in [0.05, 0.1) is 5.69 Å². The van der Waals surface area contributed by atoms with Crippen molar-refractivity contribution in [3.63, 3.8) is 0 Å². The van der Waals surface area contributed by atoms with Gasteiger partial charge in [-0.15, -0.1) is 0 Å². The second-order valence-corrected chi connectivity index (χ2v) is 4.21. The van der Waals surface area contributed by atoms with Crippen LogP contribution in [-0.4, -0.2) is 11.5 Å². The first-order valence-corrected chi connectivity index (χ1v) is 5.88. The number of oxazole rings is 1. The van der Waals surface area contributed by atoms with Crippen molar-refractivity contribution in [1.29, 1.82) is 0 Å². The molecule has 2 heterocycles. The van der Waals surface area contributed by atoms with Crippen LogP contribution in [0.3, 0.4) is 0 Å². The van der Waals surface area contributed by atoms with E-state index in [-0.39, 0.29) is 0 Å². The van der Waals surface area contributed by atoms with E-state index in [1.807, 2.05) is 6.07 Å². The van der Waals surface area contributed by atoms with Gasteiger partial charge in [0.15, 0.2) is 0 Å². The van der Waals surface area contributed by atoms with Gasteiger partial charge in [0.1, 0.15) is 6.26 Å². The summed E-state index contributed by atoms with van der Waals surface area (Å²) in [5.74, 6) is 0. The molecule has 1 aromatic carbocycles. The molecule has 0 fully saturated rings. The number of benzene rings is 1. The summed E-state index contributed by atoms with van der Waals surface area (Å²) < 4.78 is 5.49. The van der Waals surface area contributed by atoms with Gasteiger partial charge in [-0.25, -0.2) is 0 Å². The van der Waals surface area contributed by atoms with E-state index in [9.17, 15) is 0 Å². The summed E-state index contributed by atoms with van der Waals surface area (Å²) in [5, 5.41) is 0. The van der Waals surface area contributed by atoms with E-state index in [1.165, 1.54) is 11.3 Å². The molecule has 0 saturated carbocycles.